The highest BCUT2D eigenvalue weighted by molar-refractivity contribution is 7.99. The number of hydrogen-bond donors (Lipinski definition) is 0. The van der Waals surface area contributed by atoms with Crippen molar-refractivity contribution < 1.29 is 18.7 Å². The van der Waals surface area contributed by atoms with Crippen molar-refractivity contribution in [3.05, 3.63) is 29.6 Å². The molecule has 0 saturated carbocycles. The summed E-state index contributed by atoms with van der Waals surface area (Å²) in [7, 11) is 1.33. The first-order valence-electron chi connectivity index (χ1n) is 5.46. The molecule has 1 aromatic rings. The summed E-state index contributed by atoms with van der Waals surface area (Å²) >= 11 is 1.23. The van der Waals surface area contributed by atoms with Crippen molar-refractivity contribution in [1.29, 1.82) is 0 Å². The lowest BCUT2D eigenvalue weighted by Crippen LogP contribution is -2.14. The molecule has 0 saturated heterocycles. The molecule has 0 radical (unpaired) electrons. The fourth-order valence-corrected chi connectivity index (χ4v) is 2.25. The van der Waals surface area contributed by atoms with Gasteiger partial charge in [-0.15, -0.1) is 11.8 Å². The van der Waals surface area contributed by atoms with Crippen LogP contribution in [0, 0.1) is 11.7 Å². The quantitative estimate of drug-likeness (QED) is 0.469. The number of rotatable bonds is 5. The third-order valence-corrected chi connectivity index (χ3v) is 3.74. The SMILES string of the molecule is COC(=O)C(C)CSc1ccc(C(C)=O)cc1F. The van der Waals surface area contributed by atoms with Gasteiger partial charge in [0.05, 0.1) is 13.0 Å². The Kier molecular flexibility index (Phi) is 5.34. The van der Waals surface area contributed by atoms with Crippen molar-refractivity contribution in [3.8, 4) is 0 Å². The molecule has 3 nitrogen and oxygen atoms in total. The standard InChI is InChI=1S/C13H15FO3S/c1-8(13(16)17-3)7-18-12-5-4-10(9(2)15)6-11(12)14/h4-6,8H,7H2,1-3H3. The van der Waals surface area contributed by atoms with Crippen molar-refractivity contribution in [2.45, 2.75) is 18.7 Å². The van der Waals surface area contributed by atoms with Crippen LogP contribution in [0.15, 0.2) is 23.1 Å². The van der Waals surface area contributed by atoms with E-state index in [1.54, 1.807) is 19.1 Å². The number of esters is 1. The van der Waals surface area contributed by atoms with Crippen molar-refractivity contribution in [1.82, 2.24) is 0 Å². The van der Waals surface area contributed by atoms with Crippen LogP contribution in [-0.4, -0.2) is 24.6 Å². The molecule has 0 heterocycles. The second-order valence-corrected chi connectivity index (χ2v) is 5.00. The van der Waals surface area contributed by atoms with Gasteiger partial charge in [0.1, 0.15) is 5.82 Å². The van der Waals surface area contributed by atoms with E-state index in [2.05, 4.69) is 4.74 Å². The molecule has 1 unspecified atom stereocenters. The fourth-order valence-electron chi connectivity index (χ4n) is 1.32. The summed E-state index contributed by atoms with van der Waals surface area (Å²) < 4.78 is 18.2. The molecule has 5 heteroatoms. The van der Waals surface area contributed by atoms with Gasteiger partial charge in [0.2, 0.25) is 0 Å². The Bertz CT molecular complexity index is 460. The number of hydrogen-bond acceptors (Lipinski definition) is 4. The van der Waals surface area contributed by atoms with E-state index in [-0.39, 0.29) is 17.7 Å². The zero-order chi connectivity index (χ0) is 13.7. The predicted molar refractivity (Wildman–Crippen MR) is 68.3 cm³/mol. The number of ketones is 1. The number of halogens is 1. The molecule has 0 aliphatic carbocycles. The van der Waals surface area contributed by atoms with Gasteiger partial charge in [-0.2, -0.15) is 0 Å². The molecule has 98 valence electrons. The number of thioether (sulfide) groups is 1. The first-order chi connectivity index (χ1) is 8.45. The Morgan fingerprint density at radius 3 is 2.61 bits per heavy atom. The molecule has 0 aromatic heterocycles. The highest BCUT2D eigenvalue weighted by atomic mass is 32.2. The van der Waals surface area contributed by atoms with Crippen LogP contribution in [0.1, 0.15) is 24.2 Å². The highest BCUT2D eigenvalue weighted by Gasteiger charge is 2.15. The number of carbonyl (C=O) groups is 2. The molecular formula is C13H15FO3S. The first-order valence-corrected chi connectivity index (χ1v) is 6.45. The van der Waals surface area contributed by atoms with Crippen LogP contribution in [0.4, 0.5) is 4.39 Å². The molecule has 1 rings (SSSR count). The van der Waals surface area contributed by atoms with Crippen LogP contribution in [0.5, 0.6) is 0 Å². The van der Waals surface area contributed by atoms with Crippen LogP contribution in [0.3, 0.4) is 0 Å². The van der Waals surface area contributed by atoms with Gasteiger partial charge in [-0.25, -0.2) is 4.39 Å². The van der Waals surface area contributed by atoms with Gasteiger partial charge in [-0.05, 0) is 19.1 Å². The summed E-state index contributed by atoms with van der Waals surface area (Å²) in [4.78, 5) is 22.7. The molecular weight excluding hydrogens is 255 g/mol. The Morgan fingerprint density at radius 1 is 1.44 bits per heavy atom. The van der Waals surface area contributed by atoms with E-state index >= 15 is 0 Å². The normalized spacial score (nSPS) is 12.0. The maximum absolute atomic E-state index is 13.7. The summed E-state index contributed by atoms with van der Waals surface area (Å²) in [6.45, 7) is 3.11. The molecule has 0 amide bonds. The summed E-state index contributed by atoms with van der Waals surface area (Å²) in [5, 5.41) is 0. The molecule has 0 bridgehead atoms. The van der Waals surface area contributed by atoms with Crippen LogP contribution < -0.4 is 0 Å². The van der Waals surface area contributed by atoms with E-state index < -0.39 is 5.82 Å². The largest absolute Gasteiger partial charge is 0.469 e. The van der Waals surface area contributed by atoms with E-state index in [0.717, 1.165) is 0 Å². The summed E-state index contributed by atoms with van der Waals surface area (Å²) in [5.74, 6) is -0.795. The summed E-state index contributed by atoms with van der Waals surface area (Å²) in [5.41, 5.74) is 0.345. The minimum absolute atomic E-state index is 0.173. The van der Waals surface area contributed by atoms with Gasteiger partial charge in [-0.1, -0.05) is 13.0 Å². The molecule has 1 aromatic carbocycles. The van der Waals surface area contributed by atoms with Gasteiger partial charge in [0, 0.05) is 16.2 Å². The van der Waals surface area contributed by atoms with E-state index in [4.69, 9.17) is 0 Å². The molecule has 0 aliphatic heterocycles. The second-order valence-electron chi connectivity index (χ2n) is 3.94. The van der Waals surface area contributed by atoms with Crippen LogP contribution in [-0.2, 0) is 9.53 Å². The lowest BCUT2D eigenvalue weighted by molar-refractivity contribution is -0.143. The number of ether oxygens (including phenoxy) is 1. The molecule has 0 aliphatic rings. The van der Waals surface area contributed by atoms with Crippen molar-refractivity contribution in [2.75, 3.05) is 12.9 Å². The molecule has 18 heavy (non-hydrogen) atoms. The topological polar surface area (TPSA) is 43.4 Å². The molecule has 0 spiro atoms. The molecule has 0 N–H and O–H groups in total. The smallest absolute Gasteiger partial charge is 0.309 e. The predicted octanol–water partition coefficient (Wildman–Crippen LogP) is 2.93. The van der Waals surface area contributed by atoms with Crippen LogP contribution in [0.2, 0.25) is 0 Å². The third kappa shape index (κ3) is 3.84. The minimum Gasteiger partial charge on any atom is -0.469 e. The third-order valence-electron chi connectivity index (χ3n) is 2.43. The Hall–Kier alpha value is -1.36. The molecule has 1 atom stereocenters. The van der Waals surface area contributed by atoms with Gasteiger partial charge >= 0.3 is 5.97 Å². The first kappa shape index (κ1) is 14.7. The highest BCUT2D eigenvalue weighted by Crippen LogP contribution is 2.25. The van der Waals surface area contributed by atoms with Crippen molar-refractivity contribution >= 4 is 23.5 Å². The Labute approximate surface area is 110 Å². The zero-order valence-electron chi connectivity index (χ0n) is 10.5. The zero-order valence-corrected chi connectivity index (χ0v) is 11.3. The molecule has 0 fully saturated rings. The van der Waals surface area contributed by atoms with Crippen molar-refractivity contribution in [2.24, 2.45) is 5.92 Å². The minimum atomic E-state index is -0.440. The number of carbonyl (C=O) groups excluding carboxylic acids is 2. The van der Waals surface area contributed by atoms with Crippen LogP contribution in [0.25, 0.3) is 0 Å². The maximum atomic E-state index is 13.7. The van der Waals surface area contributed by atoms with E-state index in [0.29, 0.717) is 16.2 Å². The van der Waals surface area contributed by atoms with Gasteiger partial charge in [-0.3, -0.25) is 9.59 Å². The number of Topliss-reactive ketones (excluding diaryl/α,β-unsaturated/α-hetero) is 1. The summed E-state index contributed by atoms with van der Waals surface area (Å²) in [6, 6.07) is 4.35. The average molecular weight is 270 g/mol. The Balaban J connectivity index is 2.69. The monoisotopic (exact) mass is 270 g/mol. The van der Waals surface area contributed by atoms with E-state index in [1.807, 2.05) is 0 Å². The van der Waals surface area contributed by atoms with Gasteiger partial charge < -0.3 is 4.74 Å². The summed E-state index contributed by atoms with van der Waals surface area (Å²) in [6.07, 6.45) is 0. The fraction of sp³-hybridized carbons (Fsp3) is 0.385. The van der Waals surface area contributed by atoms with E-state index in [1.165, 1.54) is 31.9 Å². The maximum Gasteiger partial charge on any atom is 0.309 e. The van der Waals surface area contributed by atoms with Crippen LogP contribution >= 0.6 is 11.8 Å². The lowest BCUT2D eigenvalue weighted by atomic mass is 10.1. The van der Waals surface area contributed by atoms with E-state index in [9.17, 15) is 14.0 Å². The average Bonchev–Trinajstić information content (AvgIpc) is 2.35. The Morgan fingerprint density at radius 2 is 2.11 bits per heavy atom. The lowest BCUT2D eigenvalue weighted by Gasteiger charge is -2.09. The van der Waals surface area contributed by atoms with Crippen molar-refractivity contribution in [3.63, 3.8) is 0 Å². The second kappa shape index (κ2) is 6.54. The van der Waals surface area contributed by atoms with Gasteiger partial charge in [0.15, 0.2) is 5.78 Å². The number of benzene rings is 1. The number of methoxy groups -OCH3 is 1. The van der Waals surface area contributed by atoms with Gasteiger partial charge in [0.25, 0.3) is 0 Å².